The molecule has 1 aliphatic rings. The normalized spacial score (nSPS) is 14.0. The third kappa shape index (κ3) is 3.39. The largest absolute Gasteiger partial charge is 0.361 e. The molecule has 0 bridgehead atoms. The van der Waals surface area contributed by atoms with Gasteiger partial charge in [-0.15, -0.1) is 0 Å². The van der Waals surface area contributed by atoms with Crippen LogP contribution >= 0.6 is 0 Å². The first-order chi connectivity index (χ1) is 16.0. The molecule has 9 heteroatoms. The highest BCUT2D eigenvalue weighted by atomic mass is 16.6. The molecule has 0 radical (unpaired) electrons. The van der Waals surface area contributed by atoms with Crippen molar-refractivity contribution in [3.63, 3.8) is 0 Å². The third-order valence-corrected chi connectivity index (χ3v) is 5.96. The van der Waals surface area contributed by atoms with Gasteiger partial charge >= 0.3 is 0 Å². The van der Waals surface area contributed by atoms with Crippen LogP contribution in [0.2, 0.25) is 0 Å². The minimum atomic E-state index is -0.479. The molecular weight excluding hydrogens is 422 g/mol. The van der Waals surface area contributed by atoms with Crippen LogP contribution < -0.4 is 10.6 Å². The molecule has 0 spiro atoms. The molecule has 0 saturated carbocycles. The van der Waals surface area contributed by atoms with E-state index in [1.807, 2.05) is 42.1 Å². The van der Waals surface area contributed by atoms with Crippen LogP contribution in [0.15, 0.2) is 54.9 Å². The van der Waals surface area contributed by atoms with E-state index in [9.17, 15) is 19.7 Å². The molecule has 0 fully saturated rings. The smallest absolute Gasteiger partial charge is 0.271 e. The van der Waals surface area contributed by atoms with Crippen molar-refractivity contribution in [2.24, 2.45) is 0 Å². The Morgan fingerprint density at radius 2 is 1.79 bits per heavy atom. The number of hydrogen-bond donors (Lipinski definition) is 3. The van der Waals surface area contributed by atoms with Crippen molar-refractivity contribution in [3.8, 4) is 0 Å². The summed E-state index contributed by atoms with van der Waals surface area (Å²) in [4.78, 5) is 40.0. The fraction of sp³-hybridized carbons (Fsp3) is 0.167. The minimum absolute atomic E-state index is 0.0280. The zero-order chi connectivity index (χ0) is 23.1. The summed E-state index contributed by atoms with van der Waals surface area (Å²) in [6.45, 7) is 1.37. The van der Waals surface area contributed by atoms with E-state index in [2.05, 4.69) is 15.6 Å². The molecule has 5 rings (SSSR count). The van der Waals surface area contributed by atoms with Crippen LogP contribution in [0.3, 0.4) is 0 Å². The summed E-state index contributed by atoms with van der Waals surface area (Å²) >= 11 is 0. The highest BCUT2D eigenvalue weighted by Crippen LogP contribution is 2.39. The van der Waals surface area contributed by atoms with E-state index in [4.69, 9.17) is 0 Å². The Labute approximate surface area is 188 Å². The number of H-pyrrole nitrogens is 1. The fourth-order valence-electron chi connectivity index (χ4n) is 4.45. The number of carbonyl (C=O) groups excluding carboxylic acids is 2. The molecule has 0 saturated heterocycles. The van der Waals surface area contributed by atoms with Crippen LogP contribution in [-0.4, -0.2) is 39.9 Å². The third-order valence-electron chi connectivity index (χ3n) is 5.96. The fourth-order valence-corrected chi connectivity index (χ4v) is 4.45. The van der Waals surface area contributed by atoms with Gasteiger partial charge in [0, 0.05) is 58.5 Å². The standard InChI is InChI=1S/C24H21N5O4/c1-25-9-4-10-28-13-18(16-8-7-14(29(32)33)11-20(16)28)22-21(23(30)27-24(22)31)17-12-26-19-6-3-2-5-15(17)19/h2-3,5-8,11-13,25-26H,4,9-10H2,1H3,(H,27,30,31). The lowest BCUT2D eigenvalue weighted by atomic mass is 9.95. The van der Waals surface area contributed by atoms with Gasteiger partial charge in [0.05, 0.1) is 21.6 Å². The first-order valence-electron chi connectivity index (χ1n) is 10.6. The van der Waals surface area contributed by atoms with Gasteiger partial charge in [0.15, 0.2) is 0 Å². The van der Waals surface area contributed by atoms with Crippen molar-refractivity contribution in [1.29, 1.82) is 0 Å². The van der Waals surface area contributed by atoms with Gasteiger partial charge in [-0.1, -0.05) is 18.2 Å². The number of aryl methyl sites for hydroxylation is 1. The number of nitro benzene ring substituents is 1. The van der Waals surface area contributed by atoms with Crippen molar-refractivity contribution in [3.05, 3.63) is 76.1 Å². The van der Waals surface area contributed by atoms with Crippen LogP contribution in [0, 0.1) is 10.1 Å². The Bertz CT molecular complexity index is 1480. The number of non-ortho nitro benzene ring substituents is 1. The van der Waals surface area contributed by atoms with Crippen molar-refractivity contribution in [2.45, 2.75) is 13.0 Å². The molecule has 166 valence electrons. The number of rotatable bonds is 7. The lowest BCUT2D eigenvalue weighted by Gasteiger charge is -2.04. The lowest BCUT2D eigenvalue weighted by molar-refractivity contribution is -0.384. The summed E-state index contributed by atoms with van der Waals surface area (Å²) in [6, 6.07) is 12.1. The lowest BCUT2D eigenvalue weighted by Crippen LogP contribution is -2.22. The number of para-hydroxylation sites is 1. The summed E-state index contributed by atoms with van der Waals surface area (Å²) in [5.41, 5.74) is 3.26. The molecule has 2 aromatic heterocycles. The topological polar surface area (TPSA) is 122 Å². The molecule has 2 aromatic carbocycles. The monoisotopic (exact) mass is 443 g/mol. The minimum Gasteiger partial charge on any atom is -0.361 e. The second-order valence-corrected chi connectivity index (χ2v) is 7.93. The Morgan fingerprint density at radius 3 is 2.55 bits per heavy atom. The van der Waals surface area contributed by atoms with Crippen LogP contribution in [0.1, 0.15) is 17.5 Å². The summed E-state index contributed by atoms with van der Waals surface area (Å²) in [6.07, 6.45) is 4.34. The van der Waals surface area contributed by atoms with Gasteiger partial charge in [0.2, 0.25) is 0 Å². The number of imide groups is 1. The molecule has 2 amide bonds. The Balaban J connectivity index is 1.76. The SMILES string of the molecule is CNCCCn1cc(C2=C(c3c[nH]c4ccccc34)C(=O)NC2=O)c2ccc([N+](=O)[O-])cc21. The zero-order valence-corrected chi connectivity index (χ0v) is 17.8. The van der Waals surface area contributed by atoms with Gasteiger partial charge in [-0.25, -0.2) is 0 Å². The molecule has 33 heavy (non-hydrogen) atoms. The molecule has 0 unspecified atom stereocenters. The number of fused-ring (bicyclic) bond motifs is 2. The van der Waals surface area contributed by atoms with Gasteiger partial charge in [-0.05, 0) is 32.1 Å². The number of nitro groups is 1. The summed E-state index contributed by atoms with van der Waals surface area (Å²) in [5, 5.41) is 18.4. The average Bonchev–Trinajstić information content (AvgIpc) is 3.46. The van der Waals surface area contributed by atoms with E-state index in [1.165, 1.54) is 12.1 Å². The Kier molecular flexibility index (Phi) is 5.02. The number of aromatic amines is 1. The molecule has 3 N–H and O–H groups in total. The summed E-state index contributed by atoms with van der Waals surface area (Å²) in [5.74, 6) is -0.939. The number of benzene rings is 2. The second-order valence-electron chi connectivity index (χ2n) is 7.93. The number of hydrogen-bond acceptors (Lipinski definition) is 5. The van der Waals surface area contributed by atoms with Crippen LogP contribution in [0.4, 0.5) is 5.69 Å². The number of carbonyl (C=O) groups is 2. The predicted molar refractivity (Wildman–Crippen MR) is 125 cm³/mol. The highest BCUT2D eigenvalue weighted by molar-refractivity contribution is 6.50. The van der Waals surface area contributed by atoms with Gasteiger partial charge in [-0.2, -0.15) is 0 Å². The average molecular weight is 443 g/mol. The van der Waals surface area contributed by atoms with Gasteiger partial charge in [0.25, 0.3) is 17.5 Å². The Hall–Kier alpha value is -4.24. The van der Waals surface area contributed by atoms with E-state index >= 15 is 0 Å². The van der Waals surface area contributed by atoms with Crippen molar-refractivity contribution in [2.75, 3.05) is 13.6 Å². The molecule has 0 aliphatic carbocycles. The number of nitrogens with zero attached hydrogens (tertiary/aromatic N) is 2. The number of nitrogens with one attached hydrogen (secondary N) is 3. The maximum Gasteiger partial charge on any atom is 0.271 e. The second kappa shape index (κ2) is 8.03. The first-order valence-corrected chi connectivity index (χ1v) is 10.6. The zero-order valence-electron chi connectivity index (χ0n) is 17.8. The molecule has 0 atom stereocenters. The van der Waals surface area contributed by atoms with Crippen LogP contribution in [-0.2, 0) is 16.1 Å². The van der Waals surface area contributed by atoms with Crippen molar-refractivity contribution < 1.29 is 14.5 Å². The van der Waals surface area contributed by atoms with E-state index in [1.54, 1.807) is 12.3 Å². The number of amides is 2. The van der Waals surface area contributed by atoms with Crippen LogP contribution in [0.25, 0.3) is 33.0 Å². The number of aromatic nitrogens is 2. The quantitative estimate of drug-likeness (QED) is 0.175. The molecule has 4 aromatic rings. The molecule has 1 aliphatic heterocycles. The summed E-state index contributed by atoms with van der Waals surface area (Å²) in [7, 11) is 1.86. The van der Waals surface area contributed by atoms with Crippen molar-refractivity contribution in [1.82, 2.24) is 20.2 Å². The molecular formula is C24H21N5O4. The van der Waals surface area contributed by atoms with E-state index in [-0.39, 0.29) is 11.3 Å². The highest BCUT2D eigenvalue weighted by Gasteiger charge is 2.35. The molecule has 9 nitrogen and oxygen atoms in total. The molecule has 3 heterocycles. The first kappa shape index (κ1) is 20.7. The van der Waals surface area contributed by atoms with E-state index in [0.717, 1.165) is 23.9 Å². The predicted octanol–water partition coefficient (Wildman–Crippen LogP) is 3.21. The van der Waals surface area contributed by atoms with Gasteiger partial charge < -0.3 is 14.9 Å². The van der Waals surface area contributed by atoms with Crippen molar-refractivity contribution >= 4 is 50.5 Å². The van der Waals surface area contributed by atoms with E-state index < -0.39 is 16.7 Å². The van der Waals surface area contributed by atoms with Gasteiger partial charge in [-0.3, -0.25) is 25.0 Å². The maximum absolute atomic E-state index is 13.0. The maximum atomic E-state index is 13.0. The Morgan fingerprint density at radius 1 is 1.03 bits per heavy atom. The summed E-state index contributed by atoms with van der Waals surface area (Å²) < 4.78 is 1.91. The van der Waals surface area contributed by atoms with Gasteiger partial charge in [0.1, 0.15) is 0 Å². The van der Waals surface area contributed by atoms with Crippen LogP contribution in [0.5, 0.6) is 0 Å². The van der Waals surface area contributed by atoms with E-state index in [0.29, 0.717) is 34.1 Å².